The van der Waals surface area contributed by atoms with Crippen molar-refractivity contribution in [1.29, 1.82) is 0 Å². The summed E-state index contributed by atoms with van der Waals surface area (Å²) in [6.45, 7) is 4.27. The molecule has 10 heteroatoms. The fourth-order valence-electron chi connectivity index (χ4n) is 3.23. The molecule has 0 bridgehead atoms. The molecule has 0 saturated heterocycles. The molecule has 0 aliphatic carbocycles. The minimum absolute atomic E-state index is 0.0320. The van der Waals surface area contributed by atoms with E-state index in [0.29, 0.717) is 23.4 Å². The lowest BCUT2D eigenvalue weighted by atomic mass is 10.0. The van der Waals surface area contributed by atoms with Gasteiger partial charge in [-0.05, 0) is 43.2 Å². The lowest BCUT2D eigenvalue weighted by Crippen LogP contribution is -2.16. The summed E-state index contributed by atoms with van der Waals surface area (Å²) in [5.41, 5.74) is 1.98. The molecule has 0 atom stereocenters. The van der Waals surface area contributed by atoms with Crippen LogP contribution in [0, 0.1) is 18.6 Å². The van der Waals surface area contributed by atoms with Crippen molar-refractivity contribution in [1.82, 2.24) is 19.7 Å². The highest BCUT2D eigenvalue weighted by atomic mass is 19.1. The highest BCUT2D eigenvalue weighted by molar-refractivity contribution is 6.04. The number of carbonyl (C=O) groups is 1. The molecule has 4 rings (SSSR count). The topological polar surface area (TPSA) is 103 Å². The highest BCUT2D eigenvalue weighted by Crippen LogP contribution is 2.27. The molecule has 2 aromatic heterocycles. The quantitative estimate of drug-likeness (QED) is 0.471. The Bertz CT molecular complexity index is 1360. The van der Waals surface area contributed by atoms with E-state index in [0.717, 1.165) is 24.1 Å². The number of amides is 1. The average Bonchev–Trinajstić information content (AvgIpc) is 3.15. The summed E-state index contributed by atoms with van der Waals surface area (Å²) in [6, 6.07) is 8.55. The van der Waals surface area contributed by atoms with Crippen LogP contribution in [0.4, 0.5) is 14.6 Å². The van der Waals surface area contributed by atoms with Gasteiger partial charge in [0.1, 0.15) is 17.2 Å². The molecule has 33 heavy (non-hydrogen) atoms. The summed E-state index contributed by atoms with van der Waals surface area (Å²) in [7, 11) is 0. The van der Waals surface area contributed by atoms with Gasteiger partial charge in [0, 0.05) is 17.7 Å². The molecule has 2 aromatic carbocycles. The Labute approximate surface area is 186 Å². The second-order valence-corrected chi connectivity index (χ2v) is 7.26. The van der Waals surface area contributed by atoms with Gasteiger partial charge in [-0.1, -0.05) is 19.1 Å². The Hall–Kier alpha value is -4.21. The maximum Gasteiger partial charge on any atom is 0.437 e. The minimum atomic E-state index is -0.974. The molecule has 0 saturated carbocycles. The number of aryl methyl sites for hydroxylation is 2. The normalized spacial score (nSPS) is 10.9. The molecule has 0 radical (unpaired) electrons. The largest absolute Gasteiger partial charge is 0.437 e. The Kier molecular flexibility index (Phi) is 6.07. The number of nitrogens with one attached hydrogen (secondary N) is 1. The zero-order valence-electron chi connectivity index (χ0n) is 17.8. The van der Waals surface area contributed by atoms with Gasteiger partial charge in [-0.2, -0.15) is 4.68 Å². The van der Waals surface area contributed by atoms with E-state index < -0.39 is 28.9 Å². The van der Waals surface area contributed by atoms with Gasteiger partial charge >= 0.3 is 5.76 Å². The SMILES string of the molecule is CCCn1nc(-c2ccc(C)c(-c3cnc(NC(=O)c4c(F)cccc4F)cn3)c2)oc1=O. The summed E-state index contributed by atoms with van der Waals surface area (Å²) < 4.78 is 34.1. The second kappa shape index (κ2) is 9.11. The zero-order chi connectivity index (χ0) is 23.5. The zero-order valence-corrected chi connectivity index (χ0v) is 17.8. The molecule has 1 N–H and O–H groups in total. The number of nitrogens with zero attached hydrogens (tertiary/aromatic N) is 4. The third kappa shape index (κ3) is 4.54. The van der Waals surface area contributed by atoms with Gasteiger partial charge in [0.25, 0.3) is 5.91 Å². The van der Waals surface area contributed by atoms with Crippen LogP contribution in [-0.4, -0.2) is 25.7 Å². The summed E-state index contributed by atoms with van der Waals surface area (Å²) in [5, 5.41) is 6.55. The van der Waals surface area contributed by atoms with Crippen LogP contribution in [0.15, 0.2) is 58.0 Å². The van der Waals surface area contributed by atoms with Crippen LogP contribution in [-0.2, 0) is 6.54 Å². The van der Waals surface area contributed by atoms with Crippen LogP contribution >= 0.6 is 0 Å². The van der Waals surface area contributed by atoms with Crippen LogP contribution in [0.1, 0.15) is 29.3 Å². The Morgan fingerprint density at radius 3 is 2.55 bits per heavy atom. The molecular weight excluding hydrogens is 432 g/mol. The van der Waals surface area contributed by atoms with Crippen molar-refractivity contribution in [3.05, 3.63) is 82.1 Å². The Balaban J connectivity index is 1.59. The number of hydrogen-bond donors (Lipinski definition) is 1. The van der Waals surface area contributed by atoms with Gasteiger partial charge in [0.2, 0.25) is 5.89 Å². The Morgan fingerprint density at radius 2 is 1.88 bits per heavy atom. The number of hydrogen-bond acceptors (Lipinski definition) is 6. The van der Waals surface area contributed by atoms with Crippen molar-refractivity contribution >= 4 is 11.7 Å². The molecule has 1 amide bonds. The van der Waals surface area contributed by atoms with E-state index in [1.54, 1.807) is 12.1 Å². The van der Waals surface area contributed by atoms with E-state index in [-0.39, 0.29) is 11.7 Å². The van der Waals surface area contributed by atoms with Crippen molar-refractivity contribution in [2.45, 2.75) is 26.8 Å². The monoisotopic (exact) mass is 451 g/mol. The van der Waals surface area contributed by atoms with Crippen LogP contribution in [0.25, 0.3) is 22.7 Å². The van der Waals surface area contributed by atoms with Crippen LogP contribution in [0.3, 0.4) is 0 Å². The lowest BCUT2D eigenvalue weighted by molar-refractivity contribution is 0.101. The van der Waals surface area contributed by atoms with E-state index in [4.69, 9.17) is 4.42 Å². The predicted molar refractivity (Wildman–Crippen MR) is 117 cm³/mol. The van der Waals surface area contributed by atoms with E-state index in [1.807, 2.05) is 19.9 Å². The van der Waals surface area contributed by atoms with E-state index in [2.05, 4.69) is 20.4 Å². The van der Waals surface area contributed by atoms with Gasteiger partial charge in [0.15, 0.2) is 5.82 Å². The fourth-order valence-corrected chi connectivity index (χ4v) is 3.23. The van der Waals surface area contributed by atoms with Crippen LogP contribution in [0.2, 0.25) is 0 Å². The highest BCUT2D eigenvalue weighted by Gasteiger charge is 2.18. The summed E-state index contributed by atoms with van der Waals surface area (Å²) in [4.78, 5) is 32.6. The van der Waals surface area contributed by atoms with Crippen LogP contribution in [0.5, 0.6) is 0 Å². The maximum atomic E-state index is 13.8. The smallest absolute Gasteiger partial charge is 0.388 e. The van der Waals surface area contributed by atoms with E-state index in [9.17, 15) is 18.4 Å². The van der Waals surface area contributed by atoms with Gasteiger partial charge < -0.3 is 9.73 Å². The number of rotatable bonds is 6. The third-order valence-corrected chi connectivity index (χ3v) is 4.89. The van der Waals surface area contributed by atoms with Gasteiger partial charge in [-0.15, -0.1) is 5.10 Å². The van der Waals surface area contributed by atoms with Crippen molar-refractivity contribution in [2.24, 2.45) is 0 Å². The third-order valence-electron chi connectivity index (χ3n) is 4.89. The van der Waals surface area contributed by atoms with Gasteiger partial charge in [0.05, 0.1) is 18.1 Å². The van der Waals surface area contributed by atoms with Gasteiger partial charge in [-0.25, -0.2) is 18.6 Å². The number of halogens is 2. The first-order valence-corrected chi connectivity index (χ1v) is 10.1. The minimum Gasteiger partial charge on any atom is -0.388 e. The predicted octanol–water partition coefficient (Wildman–Crippen LogP) is 4.21. The molecule has 0 unspecified atom stereocenters. The van der Waals surface area contributed by atoms with Crippen molar-refractivity contribution in [2.75, 3.05) is 5.32 Å². The molecular formula is C23H19F2N5O3. The second-order valence-electron chi connectivity index (χ2n) is 7.26. The molecule has 0 aliphatic heterocycles. The first-order valence-electron chi connectivity index (χ1n) is 10.1. The first kappa shape index (κ1) is 22.0. The lowest BCUT2D eigenvalue weighted by Gasteiger charge is -2.09. The summed E-state index contributed by atoms with van der Waals surface area (Å²) in [5.74, 6) is -3.22. The maximum absolute atomic E-state index is 13.8. The van der Waals surface area contributed by atoms with Gasteiger partial charge in [-0.3, -0.25) is 9.78 Å². The molecule has 168 valence electrons. The summed E-state index contributed by atoms with van der Waals surface area (Å²) in [6.07, 6.45) is 3.45. The van der Waals surface area contributed by atoms with Crippen molar-refractivity contribution < 1.29 is 18.0 Å². The Morgan fingerprint density at radius 1 is 1.12 bits per heavy atom. The van der Waals surface area contributed by atoms with E-state index in [1.165, 1.54) is 23.1 Å². The number of aromatic nitrogens is 4. The number of carbonyl (C=O) groups excluding carboxylic acids is 1. The molecule has 4 aromatic rings. The molecule has 0 fully saturated rings. The average molecular weight is 451 g/mol. The molecule has 8 nitrogen and oxygen atoms in total. The van der Waals surface area contributed by atoms with Crippen LogP contribution < -0.4 is 11.1 Å². The van der Waals surface area contributed by atoms with E-state index >= 15 is 0 Å². The molecule has 0 aliphatic rings. The summed E-state index contributed by atoms with van der Waals surface area (Å²) >= 11 is 0. The molecule has 0 spiro atoms. The first-order chi connectivity index (χ1) is 15.9. The van der Waals surface area contributed by atoms with Crippen molar-refractivity contribution in [3.8, 4) is 22.7 Å². The fraction of sp³-hybridized carbons (Fsp3) is 0.174. The molecule has 2 heterocycles. The number of benzene rings is 2. The standard InChI is InChI=1S/C23H19F2N5O3/c1-3-9-30-23(32)33-22(29-30)14-8-7-13(2)15(10-14)18-11-27-19(12-26-18)28-21(31)20-16(24)5-4-6-17(20)25/h4-8,10-12H,3,9H2,1-2H3,(H,27,28,31). The van der Waals surface area contributed by atoms with Crippen molar-refractivity contribution in [3.63, 3.8) is 0 Å². The number of anilines is 1.